The summed E-state index contributed by atoms with van der Waals surface area (Å²) < 4.78 is 6.87. The highest BCUT2D eigenvalue weighted by Crippen LogP contribution is 2.28. The van der Waals surface area contributed by atoms with E-state index in [0.29, 0.717) is 13.2 Å². The maximum absolute atomic E-state index is 11.8. The Bertz CT molecular complexity index is 441. The second kappa shape index (κ2) is 4.96. The van der Waals surface area contributed by atoms with Gasteiger partial charge in [-0.15, -0.1) is 0 Å². The molecule has 6 heteroatoms. The Balaban J connectivity index is 2.22. The molecule has 0 aromatic carbocycles. The predicted molar refractivity (Wildman–Crippen MR) is 67.4 cm³/mol. The van der Waals surface area contributed by atoms with Crippen LogP contribution in [0.2, 0.25) is 0 Å². The highest BCUT2D eigenvalue weighted by Gasteiger charge is 2.34. The molecule has 0 saturated heterocycles. The van der Waals surface area contributed by atoms with Crippen LogP contribution in [0.4, 0.5) is 5.95 Å². The summed E-state index contributed by atoms with van der Waals surface area (Å²) in [5.74, 6) is 1.43. The van der Waals surface area contributed by atoms with Gasteiger partial charge in [0.15, 0.2) is 5.82 Å². The van der Waals surface area contributed by atoms with Gasteiger partial charge < -0.3 is 10.1 Å². The van der Waals surface area contributed by atoms with E-state index in [9.17, 15) is 4.79 Å². The summed E-state index contributed by atoms with van der Waals surface area (Å²) in [5, 5.41) is 7.61. The van der Waals surface area contributed by atoms with Crippen LogP contribution in [0.15, 0.2) is 0 Å². The number of nitrogens with one attached hydrogen (secondary N) is 1. The standard InChI is InChI=1S/C12H20N4O2/c1-5-18-11(17)9-6-13-12-14-10(7(2)3)15-16(12)8(9)4/h7-9H,5-6H2,1-4H3,(H,13,14,15). The van der Waals surface area contributed by atoms with Gasteiger partial charge in [-0.3, -0.25) is 4.79 Å². The first-order chi connectivity index (χ1) is 8.54. The number of carbonyl (C=O) groups is 1. The first kappa shape index (κ1) is 12.9. The monoisotopic (exact) mass is 252 g/mol. The Morgan fingerprint density at radius 1 is 1.61 bits per heavy atom. The molecule has 2 heterocycles. The Labute approximate surface area is 107 Å². The summed E-state index contributed by atoms with van der Waals surface area (Å²) in [5.41, 5.74) is 0. The second-order valence-corrected chi connectivity index (χ2v) is 4.87. The van der Waals surface area contributed by atoms with Crippen LogP contribution in [-0.4, -0.2) is 33.9 Å². The lowest BCUT2D eigenvalue weighted by Crippen LogP contribution is -2.37. The Kier molecular flexibility index (Phi) is 3.54. The minimum absolute atomic E-state index is 0.0275. The SMILES string of the molecule is CCOC(=O)C1CNc2nc(C(C)C)nn2C1C. The van der Waals surface area contributed by atoms with Crippen LogP contribution in [0, 0.1) is 5.92 Å². The number of fused-ring (bicyclic) bond motifs is 1. The molecule has 18 heavy (non-hydrogen) atoms. The van der Waals surface area contributed by atoms with E-state index in [1.54, 1.807) is 4.68 Å². The highest BCUT2D eigenvalue weighted by molar-refractivity contribution is 5.74. The minimum Gasteiger partial charge on any atom is -0.466 e. The molecule has 0 radical (unpaired) electrons. The van der Waals surface area contributed by atoms with Crippen molar-refractivity contribution in [1.29, 1.82) is 0 Å². The van der Waals surface area contributed by atoms with Gasteiger partial charge in [0.1, 0.15) is 0 Å². The third-order valence-corrected chi connectivity index (χ3v) is 3.20. The number of carbonyl (C=O) groups excluding carboxylic acids is 1. The van der Waals surface area contributed by atoms with Crippen LogP contribution in [0.3, 0.4) is 0 Å². The van der Waals surface area contributed by atoms with E-state index in [4.69, 9.17) is 4.74 Å². The molecule has 0 aliphatic carbocycles. The molecule has 1 N–H and O–H groups in total. The van der Waals surface area contributed by atoms with Gasteiger partial charge in [0.2, 0.25) is 5.95 Å². The number of hydrogen-bond acceptors (Lipinski definition) is 5. The molecule has 0 spiro atoms. The molecule has 6 nitrogen and oxygen atoms in total. The molecule has 1 aromatic heterocycles. The first-order valence-electron chi connectivity index (χ1n) is 6.41. The lowest BCUT2D eigenvalue weighted by Gasteiger charge is -2.28. The van der Waals surface area contributed by atoms with E-state index in [0.717, 1.165) is 11.8 Å². The van der Waals surface area contributed by atoms with Crippen molar-refractivity contribution in [1.82, 2.24) is 14.8 Å². The fourth-order valence-corrected chi connectivity index (χ4v) is 2.06. The first-order valence-corrected chi connectivity index (χ1v) is 6.41. The molecular weight excluding hydrogens is 232 g/mol. The van der Waals surface area contributed by atoms with Crippen LogP contribution in [-0.2, 0) is 9.53 Å². The van der Waals surface area contributed by atoms with Crippen molar-refractivity contribution in [3.8, 4) is 0 Å². The molecule has 1 aliphatic rings. The Hall–Kier alpha value is -1.59. The summed E-state index contributed by atoms with van der Waals surface area (Å²) >= 11 is 0. The van der Waals surface area contributed by atoms with Gasteiger partial charge in [0.05, 0.1) is 18.6 Å². The quantitative estimate of drug-likeness (QED) is 0.827. The topological polar surface area (TPSA) is 69.0 Å². The average Bonchev–Trinajstić information content (AvgIpc) is 2.74. The highest BCUT2D eigenvalue weighted by atomic mass is 16.5. The Morgan fingerprint density at radius 3 is 2.94 bits per heavy atom. The zero-order valence-corrected chi connectivity index (χ0v) is 11.3. The summed E-state index contributed by atoms with van der Waals surface area (Å²) in [4.78, 5) is 16.3. The molecule has 1 aromatic rings. The smallest absolute Gasteiger partial charge is 0.312 e. The molecule has 100 valence electrons. The fourth-order valence-electron chi connectivity index (χ4n) is 2.06. The lowest BCUT2D eigenvalue weighted by atomic mass is 10.0. The van der Waals surface area contributed by atoms with Crippen molar-refractivity contribution < 1.29 is 9.53 Å². The summed E-state index contributed by atoms with van der Waals surface area (Å²) in [7, 11) is 0. The van der Waals surface area contributed by atoms with Gasteiger partial charge in [0.25, 0.3) is 0 Å². The molecule has 0 bridgehead atoms. The summed E-state index contributed by atoms with van der Waals surface area (Å²) in [6.45, 7) is 8.85. The van der Waals surface area contributed by atoms with Gasteiger partial charge in [-0.05, 0) is 13.8 Å². The van der Waals surface area contributed by atoms with Crippen LogP contribution in [0.1, 0.15) is 45.5 Å². The molecule has 1 aliphatic heterocycles. The van der Waals surface area contributed by atoms with E-state index < -0.39 is 0 Å². The van der Waals surface area contributed by atoms with Crippen molar-refractivity contribution >= 4 is 11.9 Å². The molecule has 2 atom stereocenters. The van der Waals surface area contributed by atoms with Gasteiger partial charge >= 0.3 is 5.97 Å². The van der Waals surface area contributed by atoms with Crippen LogP contribution >= 0.6 is 0 Å². The maximum atomic E-state index is 11.8. The third kappa shape index (κ3) is 2.19. The average molecular weight is 252 g/mol. The van der Waals surface area contributed by atoms with Crippen molar-refractivity contribution in [2.24, 2.45) is 5.92 Å². The zero-order valence-electron chi connectivity index (χ0n) is 11.3. The van der Waals surface area contributed by atoms with Crippen LogP contribution < -0.4 is 5.32 Å². The molecule has 2 unspecified atom stereocenters. The predicted octanol–water partition coefficient (Wildman–Crippen LogP) is 1.57. The van der Waals surface area contributed by atoms with Crippen molar-refractivity contribution in [3.05, 3.63) is 5.82 Å². The number of ether oxygens (including phenoxy) is 1. The van der Waals surface area contributed by atoms with E-state index in [2.05, 4.69) is 29.2 Å². The molecular formula is C12H20N4O2. The zero-order chi connectivity index (χ0) is 13.3. The molecule has 0 saturated carbocycles. The number of anilines is 1. The lowest BCUT2D eigenvalue weighted by molar-refractivity contribution is -0.149. The van der Waals surface area contributed by atoms with Gasteiger partial charge in [-0.2, -0.15) is 10.1 Å². The second-order valence-electron chi connectivity index (χ2n) is 4.87. The van der Waals surface area contributed by atoms with Gasteiger partial charge in [0, 0.05) is 12.5 Å². The number of aromatic nitrogens is 3. The van der Waals surface area contributed by atoms with Crippen molar-refractivity contribution in [3.63, 3.8) is 0 Å². The van der Waals surface area contributed by atoms with E-state index in [-0.39, 0.29) is 23.8 Å². The number of esters is 1. The van der Waals surface area contributed by atoms with E-state index in [1.165, 1.54) is 0 Å². The van der Waals surface area contributed by atoms with Crippen LogP contribution in [0.25, 0.3) is 0 Å². The van der Waals surface area contributed by atoms with Gasteiger partial charge in [-0.25, -0.2) is 4.68 Å². The van der Waals surface area contributed by atoms with Crippen LogP contribution in [0.5, 0.6) is 0 Å². The number of hydrogen-bond donors (Lipinski definition) is 1. The van der Waals surface area contributed by atoms with Gasteiger partial charge in [-0.1, -0.05) is 13.8 Å². The molecule has 0 amide bonds. The number of nitrogens with zero attached hydrogens (tertiary/aromatic N) is 3. The maximum Gasteiger partial charge on any atom is 0.312 e. The third-order valence-electron chi connectivity index (χ3n) is 3.20. The molecule has 0 fully saturated rings. The van der Waals surface area contributed by atoms with Crippen molar-refractivity contribution in [2.45, 2.75) is 39.7 Å². The Morgan fingerprint density at radius 2 is 2.33 bits per heavy atom. The number of rotatable bonds is 3. The summed E-state index contributed by atoms with van der Waals surface area (Å²) in [6.07, 6.45) is 0. The van der Waals surface area contributed by atoms with E-state index >= 15 is 0 Å². The normalized spacial score (nSPS) is 22.5. The minimum atomic E-state index is -0.209. The van der Waals surface area contributed by atoms with Crippen molar-refractivity contribution in [2.75, 3.05) is 18.5 Å². The summed E-state index contributed by atoms with van der Waals surface area (Å²) in [6, 6.07) is -0.0275. The molecule has 2 rings (SSSR count). The van der Waals surface area contributed by atoms with E-state index in [1.807, 2.05) is 13.8 Å². The largest absolute Gasteiger partial charge is 0.466 e. The fraction of sp³-hybridized carbons (Fsp3) is 0.750.